The average molecular weight is 445 g/mol. The Balaban J connectivity index is 0.00000231. The van der Waals surface area contributed by atoms with Gasteiger partial charge in [0, 0.05) is 31.7 Å². The number of hydrogen-bond acceptors (Lipinski definition) is 5. The molecule has 164 valence electrons. The van der Waals surface area contributed by atoms with Gasteiger partial charge in [0.05, 0.1) is 12.4 Å². The fourth-order valence-corrected chi connectivity index (χ4v) is 4.75. The highest BCUT2D eigenvalue weighted by molar-refractivity contribution is 5.93. The minimum absolute atomic E-state index is 0. The van der Waals surface area contributed by atoms with Crippen molar-refractivity contribution >= 4 is 29.7 Å². The molecule has 1 N–H and O–H groups in total. The van der Waals surface area contributed by atoms with Crippen molar-refractivity contribution in [3.05, 3.63) is 66.0 Å². The number of benzene rings is 2. The van der Waals surface area contributed by atoms with Gasteiger partial charge in [-0.1, -0.05) is 35.5 Å². The maximum Gasteiger partial charge on any atom is 0.247 e. The van der Waals surface area contributed by atoms with Crippen LogP contribution in [0.2, 0.25) is 0 Å². The molecule has 5 rings (SSSR count). The Morgan fingerprint density at radius 1 is 1.10 bits per heavy atom. The molecule has 3 heterocycles. The van der Waals surface area contributed by atoms with Gasteiger partial charge in [-0.15, -0.1) is 12.4 Å². The number of carbonyl (C=O) groups is 1. The fraction of sp³-hybridized carbons (Fsp3) is 0.391. The van der Waals surface area contributed by atoms with Crippen LogP contribution in [0.1, 0.15) is 30.9 Å². The molecular weight excluding hydrogens is 419 g/mol. The summed E-state index contributed by atoms with van der Waals surface area (Å²) in [7, 11) is 0. The van der Waals surface area contributed by atoms with E-state index in [0.29, 0.717) is 13.1 Å². The first-order chi connectivity index (χ1) is 14.6. The van der Waals surface area contributed by atoms with Gasteiger partial charge in [0.15, 0.2) is 6.10 Å². The zero-order valence-electron chi connectivity index (χ0n) is 17.2. The monoisotopic (exact) mass is 444 g/mol. The number of oxime groups is 1. The van der Waals surface area contributed by atoms with Crippen molar-refractivity contribution in [3.8, 4) is 0 Å². The van der Waals surface area contributed by atoms with Gasteiger partial charge in [0.1, 0.15) is 11.4 Å². The number of carbonyl (C=O) groups excluding carboxylic acids is 1. The molecule has 2 fully saturated rings. The fourth-order valence-electron chi connectivity index (χ4n) is 4.75. The number of nitrogens with one attached hydrogen (secondary N) is 1. The van der Waals surface area contributed by atoms with Crippen molar-refractivity contribution in [3.63, 3.8) is 0 Å². The topological polar surface area (TPSA) is 57.2 Å². The summed E-state index contributed by atoms with van der Waals surface area (Å²) in [5, 5.41) is 7.31. The number of para-hydroxylation sites is 1. The Morgan fingerprint density at radius 3 is 2.52 bits per heavy atom. The van der Waals surface area contributed by atoms with Gasteiger partial charge in [-0.05, 0) is 42.7 Å². The van der Waals surface area contributed by atoms with Gasteiger partial charge in [-0.2, -0.15) is 0 Å². The van der Waals surface area contributed by atoms with Gasteiger partial charge >= 0.3 is 0 Å². The Bertz CT molecular complexity index is 946. The van der Waals surface area contributed by atoms with E-state index in [2.05, 4.69) is 32.4 Å². The van der Waals surface area contributed by atoms with E-state index >= 15 is 0 Å². The quantitative estimate of drug-likeness (QED) is 0.784. The molecule has 2 aromatic rings. The second-order valence-electron chi connectivity index (χ2n) is 8.24. The first-order valence-electron chi connectivity index (χ1n) is 10.4. The van der Waals surface area contributed by atoms with E-state index in [9.17, 15) is 9.18 Å². The molecule has 0 radical (unpaired) electrons. The van der Waals surface area contributed by atoms with E-state index in [-0.39, 0.29) is 30.2 Å². The van der Waals surface area contributed by atoms with Crippen molar-refractivity contribution in [1.29, 1.82) is 0 Å². The molecule has 31 heavy (non-hydrogen) atoms. The third kappa shape index (κ3) is 4.12. The summed E-state index contributed by atoms with van der Waals surface area (Å²) in [6.45, 7) is 2.96. The van der Waals surface area contributed by atoms with Crippen molar-refractivity contribution in [2.75, 3.05) is 31.2 Å². The smallest absolute Gasteiger partial charge is 0.247 e. The maximum absolute atomic E-state index is 13.1. The molecule has 3 aliphatic heterocycles. The number of nitrogens with zero attached hydrogens (tertiary/aromatic N) is 3. The molecule has 1 atom stereocenters. The van der Waals surface area contributed by atoms with Gasteiger partial charge in [-0.3, -0.25) is 9.69 Å². The van der Waals surface area contributed by atoms with Crippen molar-refractivity contribution in [1.82, 2.24) is 10.2 Å². The van der Waals surface area contributed by atoms with Crippen molar-refractivity contribution < 1.29 is 14.0 Å². The molecule has 1 unspecified atom stereocenters. The van der Waals surface area contributed by atoms with Crippen LogP contribution >= 0.6 is 12.4 Å². The number of halogens is 2. The predicted octanol–water partition coefficient (Wildman–Crippen LogP) is 3.49. The molecule has 0 aromatic heterocycles. The van der Waals surface area contributed by atoms with E-state index < -0.39 is 5.54 Å². The van der Waals surface area contributed by atoms with Crippen LogP contribution in [0.15, 0.2) is 59.8 Å². The molecule has 0 bridgehead atoms. The van der Waals surface area contributed by atoms with Crippen LogP contribution in [0.4, 0.5) is 10.1 Å². The zero-order chi connectivity index (χ0) is 20.6. The molecule has 1 amide bonds. The number of amides is 1. The average Bonchev–Trinajstić information content (AvgIpc) is 3.36. The summed E-state index contributed by atoms with van der Waals surface area (Å²) in [5.41, 5.74) is 2.55. The number of piperidine rings is 1. The van der Waals surface area contributed by atoms with Crippen LogP contribution in [-0.2, 0) is 9.63 Å². The van der Waals surface area contributed by atoms with Gasteiger partial charge in [0.25, 0.3) is 0 Å². The molecule has 0 aliphatic carbocycles. The van der Waals surface area contributed by atoms with Gasteiger partial charge in [0.2, 0.25) is 5.91 Å². The first-order valence-corrected chi connectivity index (χ1v) is 10.4. The lowest BCUT2D eigenvalue weighted by molar-refractivity contribution is -0.125. The second kappa shape index (κ2) is 8.85. The summed E-state index contributed by atoms with van der Waals surface area (Å²) in [6, 6.07) is 16.5. The van der Waals surface area contributed by atoms with E-state index in [0.717, 1.165) is 49.4 Å². The normalized spacial score (nSPS) is 22.6. The molecule has 2 saturated heterocycles. The van der Waals surface area contributed by atoms with Crippen LogP contribution in [0, 0.1) is 5.82 Å². The lowest BCUT2D eigenvalue weighted by atomic mass is 9.85. The Kier molecular flexibility index (Phi) is 6.16. The Labute approximate surface area is 187 Å². The van der Waals surface area contributed by atoms with E-state index in [4.69, 9.17) is 4.84 Å². The van der Waals surface area contributed by atoms with E-state index in [1.165, 1.54) is 12.1 Å². The number of anilines is 1. The highest BCUT2D eigenvalue weighted by atomic mass is 35.5. The first kappa shape index (κ1) is 21.6. The third-order valence-electron chi connectivity index (χ3n) is 6.47. The zero-order valence-corrected chi connectivity index (χ0v) is 18.0. The largest absolute Gasteiger partial charge is 0.387 e. The van der Waals surface area contributed by atoms with Crippen LogP contribution in [-0.4, -0.2) is 48.4 Å². The molecule has 8 heteroatoms. The summed E-state index contributed by atoms with van der Waals surface area (Å²) >= 11 is 0. The van der Waals surface area contributed by atoms with Gasteiger partial charge < -0.3 is 15.1 Å². The lowest BCUT2D eigenvalue weighted by Gasteiger charge is -2.43. The molecular formula is C23H26ClFN4O2. The van der Waals surface area contributed by atoms with Gasteiger partial charge in [-0.25, -0.2) is 4.39 Å². The summed E-state index contributed by atoms with van der Waals surface area (Å²) < 4.78 is 13.1. The Hall–Kier alpha value is -2.64. The minimum atomic E-state index is -0.470. The molecule has 1 spiro atoms. The third-order valence-corrected chi connectivity index (χ3v) is 6.47. The predicted molar refractivity (Wildman–Crippen MR) is 120 cm³/mol. The minimum Gasteiger partial charge on any atom is -0.387 e. The highest BCUT2D eigenvalue weighted by Gasteiger charge is 2.50. The Morgan fingerprint density at radius 2 is 1.81 bits per heavy atom. The van der Waals surface area contributed by atoms with Crippen LogP contribution < -0.4 is 10.2 Å². The lowest BCUT2D eigenvalue weighted by Crippen LogP contribution is -2.56. The number of hydrogen-bond donors (Lipinski definition) is 1. The number of likely N-dealkylation sites (tertiary alicyclic amines) is 1. The highest BCUT2D eigenvalue weighted by Crippen LogP contribution is 2.36. The number of rotatable bonds is 4. The summed E-state index contributed by atoms with van der Waals surface area (Å²) in [5.74, 6) is -0.121. The maximum atomic E-state index is 13.1. The van der Waals surface area contributed by atoms with Crippen LogP contribution in [0.25, 0.3) is 0 Å². The molecule has 2 aromatic carbocycles. The molecule has 6 nitrogen and oxygen atoms in total. The van der Waals surface area contributed by atoms with Crippen LogP contribution in [0.3, 0.4) is 0 Å². The summed E-state index contributed by atoms with van der Waals surface area (Å²) in [4.78, 5) is 22.9. The van der Waals surface area contributed by atoms with E-state index in [1.54, 1.807) is 12.1 Å². The molecule has 3 aliphatic rings. The van der Waals surface area contributed by atoms with Crippen molar-refractivity contribution in [2.24, 2.45) is 5.16 Å². The second-order valence-corrected chi connectivity index (χ2v) is 8.24. The van der Waals surface area contributed by atoms with Crippen LogP contribution in [0.5, 0.6) is 0 Å². The van der Waals surface area contributed by atoms with Crippen molar-refractivity contribution in [2.45, 2.75) is 30.9 Å². The SMILES string of the molecule is Cl.O=C1NCN(c2ccccc2)C12CCN(CC1=NOC(c3ccc(F)cc3)C1)CC2. The standard InChI is InChI=1S/C23H25FN4O2.ClH/c24-18-8-6-17(7-9-18)21-14-19(26-30-21)15-27-12-10-23(11-13-27)22(29)25-16-28(23)20-4-2-1-3-5-20;/h1-9,21H,10-16H2,(H,25,29);1H. The summed E-state index contributed by atoms with van der Waals surface area (Å²) in [6.07, 6.45) is 2.13. The molecule has 0 saturated carbocycles. The van der Waals surface area contributed by atoms with E-state index in [1.807, 2.05) is 18.2 Å².